The lowest BCUT2D eigenvalue weighted by Crippen LogP contribution is -2.22. The van der Waals surface area contributed by atoms with E-state index in [1.54, 1.807) is 12.1 Å². The van der Waals surface area contributed by atoms with Gasteiger partial charge in [0.2, 0.25) is 0 Å². The molecule has 21 heavy (non-hydrogen) atoms. The summed E-state index contributed by atoms with van der Waals surface area (Å²) in [5.74, 6) is 1.18. The third kappa shape index (κ3) is 2.50. The summed E-state index contributed by atoms with van der Waals surface area (Å²) in [6.45, 7) is 1.58. The van der Waals surface area contributed by atoms with E-state index < -0.39 is 14.8 Å². The van der Waals surface area contributed by atoms with Crippen LogP contribution in [0.1, 0.15) is 19.3 Å². The Balaban J connectivity index is 2.05. The maximum Gasteiger partial charge on any atom is 0.311 e. The van der Waals surface area contributed by atoms with Gasteiger partial charge in [-0.25, -0.2) is 8.42 Å². The molecule has 0 bridgehead atoms. The van der Waals surface area contributed by atoms with Crippen LogP contribution in [-0.2, 0) is 9.84 Å². The zero-order valence-electron chi connectivity index (χ0n) is 11.9. The van der Waals surface area contributed by atoms with Gasteiger partial charge in [0.15, 0.2) is 9.84 Å². The lowest BCUT2D eigenvalue weighted by molar-refractivity contribution is -0.387. The Hall–Kier alpha value is -1.63. The zero-order valence-corrected chi connectivity index (χ0v) is 12.7. The molecule has 0 aromatic heterocycles. The molecule has 1 aliphatic heterocycles. The van der Waals surface area contributed by atoms with E-state index in [1.807, 2.05) is 4.90 Å². The molecule has 0 N–H and O–H groups in total. The molecule has 1 saturated carbocycles. The molecule has 0 radical (unpaired) electrons. The highest BCUT2D eigenvalue weighted by Crippen LogP contribution is 2.43. The Morgan fingerprint density at radius 2 is 1.86 bits per heavy atom. The molecule has 1 heterocycles. The second-order valence-electron chi connectivity index (χ2n) is 6.01. The van der Waals surface area contributed by atoms with Gasteiger partial charge in [0.25, 0.3) is 0 Å². The number of anilines is 1. The Kier molecular flexibility index (Phi) is 3.39. The van der Waals surface area contributed by atoms with Gasteiger partial charge in [-0.2, -0.15) is 0 Å². The minimum atomic E-state index is -3.62. The topological polar surface area (TPSA) is 80.5 Å². The Labute approximate surface area is 123 Å². The van der Waals surface area contributed by atoms with Crippen molar-refractivity contribution in [3.63, 3.8) is 0 Å². The average Bonchev–Trinajstić information content (AvgIpc) is 2.97. The fourth-order valence-corrected chi connectivity index (χ4v) is 4.54. The molecular formula is C14H18N2O4S. The Morgan fingerprint density at radius 3 is 2.38 bits per heavy atom. The van der Waals surface area contributed by atoms with Crippen molar-refractivity contribution in [3.05, 3.63) is 28.3 Å². The predicted octanol–water partition coefficient (Wildman–Crippen LogP) is 2.23. The number of hydrogen-bond acceptors (Lipinski definition) is 5. The Morgan fingerprint density at radius 1 is 1.24 bits per heavy atom. The summed E-state index contributed by atoms with van der Waals surface area (Å²) in [4.78, 5) is 12.6. The van der Waals surface area contributed by atoms with Crippen LogP contribution in [0.4, 0.5) is 11.4 Å². The number of benzene rings is 1. The monoisotopic (exact) mass is 310 g/mol. The van der Waals surface area contributed by atoms with E-state index in [2.05, 4.69) is 0 Å². The van der Waals surface area contributed by atoms with Crippen LogP contribution in [0.2, 0.25) is 0 Å². The number of rotatable bonds is 3. The minimum Gasteiger partial charge on any atom is -0.365 e. The molecule has 0 amide bonds. The second kappa shape index (κ2) is 4.98. The van der Waals surface area contributed by atoms with Crippen molar-refractivity contribution in [2.75, 3.05) is 24.2 Å². The van der Waals surface area contributed by atoms with Crippen LogP contribution in [0.5, 0.6) is 0 Å². The molecule has 2 atom stereocenters. The van der Waals surface area contributed by atoms with Crippen LogP contribution < -0.4 is 4.90 Å². The maximum absolute atomic E-state index is 11.8. The number of sulfone groups is 1. The van der Waals surface area contributed by atoms with Crippen LogP contribution in [0.25, 0.3) is 0 Å². The summed E-state index contributed by atoms with van der Waals surface area (Å²) in [7, 11) is -3.62. The normalized spacial score (nSPS) is 25.1. The van der Waals surface area contributed by atoms with Crippen molar-refractivity contribution in [1.82, 2.24) is 0 Å². The van der Waals surface area contributed by atoms with Crippen molar-refractivity contribution < 1.29 is 13.3 Å². The van der Waals surface area contributed by atoms with Crippen LogP contribution in [0.15, 0.2) is 23.1 Å². The van der Waals surface area contributed by atoms with Gasteiger partial charge in [0.05, 0.1) is 4.92 Å². The molecule has 6 nitrogen and oxygen atoms in total. The van der Waals surface area contributed by atoms with Crippen molar-refractivity contribution in [2.24, 2.45) is 11.8 Å². The Bertz CT molecular complexity index is 674. The molecule has 1 saturated heterocycles. The molecule has 2 unspecified atom stereocenters. The fourth-order valence-electron chi connectivity index (χ4n) is 3.68. The van der Waals surface area contributed by atoms with Gasteiger partial charge in [-0.3, -0.25) is 10.1 Å². The first kappa shape index (κ1) is 14.3. The summed E-state index contributed by atoms with van der Waals surface area (Å²) in [6.07, 6.45) is 4.58. The van der Waals surface area contributed by atoms with E-state index in [9.17, 15) is 18.5 Å². The largest absolute Gasteiger partial charge is 0.365 e. The molecular weight excluding hydrogens is 292 g/mol. The first-order valence-corrected chi connectivity index (χ1v) is 8.99. The summed E-state index contributed by atoms with van der Waals surface area (Å²) in [5.41, 5.74) is 0.164. The van der Waals surface area contributed by atoms with Gasteiger partial charge in [-0.1, -0.05) is 12.5 Å². The van der Waals surface area contributed by atoms with E-state index in [4.69, 9.17) is 0 Å². The quantitative estimate of drug-likeness (QED) is 0.632. The summed E-state index contributed by atoms with van der Waals surface area (Å²) >= 11 is 0. The summed E-state index contributed by atoms with van der Waals surface area (Å²) in [6, 6.07) is 4.56. The first-order chi connectivity index (χ1) is 9.88. The first-order valence-electron chi connectivity index (χ1n) is 7.10. The van der Waals surface area contributed by atoms with Crippen molar-refractivity contribution >= 4 is 21.2 Å². The SMILES string of the molecule is CS(=O)(=O)c1cccc(N2CC3CCCC3C2)c1[N+](=O)[O-]. The third-order valence-electron chi connectivity index (χ3n) is 4.63. The average molecular weight is 310 g/mol. The predicted molar refractivity (Wildman–Crippen MR) is 79.3 cm³/mol. The van der Waals surface area contributed by atoms with E-state index in [1.165, 1.54) is 25.3 Å². The number of fused-ring (bicyclic) bond motifs is 1. The highest BCUT2D eigenvalue weighted by atomic mass is 32.2. The highest BCUT2D eigenvalue weighted by molar-refractivity contribution is 7.90. The van der Waals surface area contributed by atoms with E-state index >= 15 is 0 Å². The zero-order chi connectivity index (χ0) is 15.2. The van der Waals surface area contributed by atoms with Crippen LogP contribution >= 0.6 is 0 Å². The molecule has 3 rings (SSSR count). The molecule has 1 aromatic carbocycles. The van der Waals surface area contributed by atoms with Gasteiger partial charge < -0.3 is 4.90 Å². The van der Waals surface area contributed by atoms with Crippen molar-refractivity contribution in [3.8, 4) is 0 Å². The molecule has 0 spiro atoms. The number of nitrogens with zero attached hydrogens (tertiary/aromatic N) is 2. The number of hydrogen-bond donors (Lipinski definition) is 0. The molecule has 114 valence electrons. The van der Waals surface area contributed by atoms with Crippen molar-refractivity contribution in [2.45, 2.75) is 24.2 Å². The van der Waals surface area contributed by atoms with E-state index in [-0.39, 0.29) is 10.6 Å². The molecule has 2 aliphatic rings. The molecule has 1 aliphatic carbocycles. The van der Waals surface area contributed by atoms with E-state index in [0.29, 0.717) is 17.5 Å². The van der Waals surface area contributed by atoms with Gasteiger partial charge >= 0.3 is 5.69 Å². The fraction of sp³-hybridized carbons (Fsp3) is 0.571. The van der Waals surface area contributed by atoms with Crippen LogP contribution in [0, 0.1) is 22.0 Å². The van der Waals surface area contributed by atoms with Crippen molar-refractivity contribution in [1.29, 1.82) is 0 Å². The molecule has 1 aromatic rings. The second-order valence-corrected chi connectivity index (χ2v) is 7.99. The van der Waals surface area contributed by atoms with Gasteiger partial charge in [0, 0.05) is 19.3 Å². The van der Waals surface area contributed by atoms with Gasteiger partial charge in [-0.05, 0) is 36.8 Å². The maximum atomic E-state index is 11.8. The summed E-state index contributed by atoms with van der Waals surface area (Å²) < 4.78 is 23.6. The number of nitro benzene ring substituents is 1. The van der Waals surface area contributed by atoms with Gasteiger partial charge in [0.1, 0.15) is 10.6 Å². The minimum absolute atomic E-state index is 0.193. The standard InChI is InChI=1S/C14H18N2O4S/c1-21(19,20)13-7-3-6-12(14(13)16(17)18)15-8-10-4-2-5-11(10)9-15/h3,6-7,10-11H,2,4-5,8-9H2,1H3. The molecule has 7 heteroatoms. The van der Waals surface area contributed by atoms with E-state index in [0.717, 1.165) is 19.3 Å². The third-order valence-corrected chi connectivity index (χ3v) is 5.76. The van der Waals surface area contributed by atoms with Crippen LogP contribution in [-0.4, -0.2) is 32.7 Å². The lowest BCUT2D eigenvalue weighted by Gasteiger charge is -2.20. The number of para-hydroxylation sites is 1. The smallest absolute Gasteiger partial charge is 0.311 e. The summed E-state index contributed by atoms with van der Waals surface area (Å²) in [5, 5.41) is 11.4. The van der Waals surface area contributed by atoms with Crippen LogP contribution in [0.3, 0.4) is 0 Å². The van der Waals surface area contributed by atoms with Gasteiger partial charge in [-0.15, -0.1) is 0 Å². The lowest BCUT2D eigenvalue weighted by atomic mass is 10.0. The highest BCUT2D eigenvalue weighted by Gasteiger charge is 2.39. The molecule has 2 fully saturated rings. The number of nitro groups is 1.